The molecule has 3 rings (SSSR count). The number of benzene rings is 1. The molecule has 1 aromatic carbocycles. The number of fused-ring (bicyclic) bond motifs is 1. The maximum absolute atomic E-state index is 13.0. The Morgan fingerprint density at radius 3 is 2.52 bits per heavy atom. The van der Waals surface area contributed by atoms with Crippen molar-refractivity contribution in [3.63, 3.8) is 0 Å². The van der Waals surface area contributed by atoms with Crippen LogP contribution in [0.2, 0.25) is 0 Å². The van der Waals surface area contributed by atoms with E-state index in [1.54, 1.807) is 13.8 Å². The van der Waals surface area contributed by atoms with Crippen LogP contribution >= 0.6 is 0 Å². The fourth-order valence-electron chi connectivity index (χ4n) is 4.87. The Morgan fingerprint density at radius 1 is 1.21 bits per heavy atom. The molecule has 1 amide bonds. The molecule has 0 saturated carbocycles. The normalized spacial score (nSPS) is 21.0. The van der Waals surface area contributed by atoms with Crippen LogP contribution in [0.4, 0.5) is 4.79 Å². The molecule has 1 fully saturated rings. The summed E-state index contributed by atoms with van der Waals surface area (Å²) in [6, 6.07) is 4.35. The molecular formula is C26H42BNO5. The van der Waals surface area contributed by atoms with Crippen molar-refractivity contribution < 1.29 is 24.0 Å². The number of aliphatic hydroxyl groups is 1. The van der Waals surface area contributed by atoms with Crippen molar-refractivity contribution in [2.24, 2.45) is 5.92 Å². The minimum Gasteiger partial charge on any atom is -0.444 e. The van der Waals surface area contributed by atoms with Crippen LogP contribution in [-0.4, -0.2) is 53.5 Å². The lowest BCUT2D eigenvalue weighted by molar-refractivity contribution is -0.126. The van der Waals surface area contributed by atoms with Crippen LogP contribution in [0, 0.1) is 5.92 Å². The fraction of sp³-hybridized carbons (Fsp3) is 0.731. The van der Waals surface area contributed by atoms with Crippen molar-refractivity contribution >= 4 is 19.0 Å². The van der Waals surface area contributed by atoms with Crippen LogP contribution in [0.3, 0.4) is 0 Å². The number of rotatable bonds is 6. The Balaban J connectivity index is 1.92. The standard InChI is InChI=1S/C26H42BNO5/c1-17(2)26(8,25(6,7)30)33-27-19-14-18-11-13-31-16-21(18)20(15-19)22-10-9-12-28(22)23(29)32-24(3,4)5/h14-15,17,22,27,30H,9-13,16H2,1-8H3/t22-,26?/m0/s1. The molecule has 184 valence electrons. The average molecular weight is 459 g/mol. The summed E-state index contributed by atoms with van der Waals surface area (Å²) in [6.45, 7) is 17.4. The molecule has 2 heterocycles. The SMILES string of the molecule is CC(C)C(C)(OBc1cc2c(c([C@@H]3CCCN3C(=O)OC(C)(C)C)c1)COCC2)C(C)(C)O. The van der Waals surface area contributed by atoms with E-state index in [1.165, 1.54) is 11.1 Å². The van der Waals surface area contributed by atoms with Gasteiger partial charge in [-0.1, -0.05) is 31.4 Å². The summed E-state index contributed by atoms with van der Waals surface area (Å²) < 4.78 is 17.9. The van der Waals surface area contributed by atoms with Crippen LogP contribution in [0.25, 0.3) is 0 Å². The number of carbonyl (C=O) groups excluding carboxylic acids is 1. The van der Waals surface area contributed by atoms with Crippen molar-refractivity contribution in [3.8, 4) is 0 Å². The van der Waals surface area contributed by atoms with E-state index in [2.05, 4.69) is 26.0 Å². The fourth-order valence-corrected chi connectivity index (χ4v) is 4.87. The molecule has 0 aliphatic carbocycles. The molecule has 33 heavy (non-hydrogen) atoms. The van der Waals surface area contributed by atoms with Gasteiger partial charge in [-0.3, -0.25) is 0 Å². The van der Waals surface area contributed by atoms with Gasteiger partial charge in [0.25, 0.3) is 0 Å². The Morgan fingerprint density at radius 2 is 1.91 bits per heavy atom. The van der Waals surface area contributed by atoms with E-state index in [0.29, 0.717) is 27.2 Å². The number of hydrogen-bond acceptors (Lipinski definition) is 5. The van der Waals surface area contributed by atoms with Gasteiger partial charge < -0.3 is 24.1 Å². The van der Waals surface area contributed by atoms with E-state index >= 15 is 0 Å². The van der Waals surface area contributed by atoms with Crippen molar-refractivity contribution in [2.75, 3.05) is 13.2 Å². The molecule has 1 saturated heterocycles. The van der Waals surface area contributed by atoms with Gasteiger partial charge in [-0.25, -0.2) is 4.79 Å². The molecule has 2 aliphatic rings. The molecule has 0 spiro atoms. The summed E-state index contributed by atoms with van der Waals surface area (Å²) in [7, 11) is 0.402. The smallest absolute Gasteiger partial charge is 0.410 e. The number of ether oxygens (including phenoxy) is 2. The van der Waals surface area contributed by atoms with Crippen LogP contribution in [0.15, 0.2) is 12.1 Å². The van der Waals surface area contributed by atoms with E-state index in [1.807, 2.05) is 32.6 Å². The highest BCUT2D eigenvalue weighted by molar-refractivity contribution is 6.47. The molecule has 1 unspecified atom stereocenters. The molecule has 0 radical (unpaired) electrons. The van der Waals surface area contributed by atoms with E-state index in [-0.39, 0.29) is 18.1 Å². The highest BCUT2D eigenvalue weighted by Crippen LogP contribution is 2.37. The number of hydrogen-bond donors (Lipinski definition) is 1. The topological polar surface area (TPSA) is 68.2 Å². The minimum absolute atomic E-state index is 0.0268. The lowest BCUT2D eigenvalue weighted by Crippen LogP contribution is -2.55. The summed E-state index contributed by atoms with van der Waals surface area (Å²) in [5, 5.41) is 10.8. The number of nitrogens with zero attached hydrogens (tertiary/aromatic N) is 1. The number of carbonyl (C=O) groups is 1. The van der Waals surface area contributed by atoms with Gasteiger partial charge in [0.1, 0.15) is 5.60 Å². The zero-order valence-electron chi connectivity index (χ0n) is 21.8. The summed E-state index contributed by atoms with van der Waals surface area (Å²) in [5.41, 5.74) is 2.47. The van der Waals surface area contributed by atoms with Gasteiger partial charge in [0.05, 0.1) is 30.5 Å². The van der Waals surface area contributed by atoms with E-state index in [0.717, 1.165) is 30.3 Å². The van der Waals surface area contributed by atoms with Gasteiger partial charge >= 0.3 is 13.6 Å². The zero-order valence-corrected chi connectivity index (χ0v) is 21.8. The third-order valence-electron chi connectivity index (χ3n) is 7.29. The van der Waals surface area contributed by atoms with Crippen molar-refractivity contribution in [2.45, 2.75) is 104 Å². The molecule has 1 aromatic rings. The summed E-state index contributed by atoms with van der Waals surface area (Å²) in [4.78, 5) is 14.8. The van der Waals surface area contributed by atoms with E-state index in [4.69, 9.17) is 14.1 Å². The Labute approximate surface area is 200 Å². The maximum atomic E-state index is 13.0. The van der Waals surface area contributed by atoms with Gasteiger partial charge in [0.2, 0.25) is 0 Å². The first kappa shape index (κ1) is 26.0. The summed E-state index contributed by atoms with van der Waals surface area (Å²) >= 11 is 0. The highest BCUT2D eigenvalue weighted by atomic mass is 16.6. The van der Waals surface area contributed by atoms with Gasteiger partial charge in [-0.15, -0.1) is 0 Å². The molecular weight excluding hydrogens is 417 g/mol. The van der Waals surface area contributed by atoms with Crippen LogP contribution in [-0.2, 0) is 27.2 Å². The number of amides is 1. The van der Waals surface area contributed by atoms with Crippen LogP contribution < -0.4 is 5.46 Å². The summed E-state index contributed by atoms with van der Waals surface area (Å²) in [5.74, 6) is 0.139. The molecule has 6 nitrogen and oxygen atoms in total. The predicted molar refractivity (Wildman–Crippen MR) is 132 cm³/mol. The largest absolute Gasteiger partial charge is 0.444 e. The number of likely N-dealkylation sites (tertiary alicyclic amines) is 1. The molecule has 0 bridgehead atoms. The maximum Gasteiger partial charge on any atom is 0.410 e. The second kappa shape index (κ2) is 9.59. The van der Waals surface area contributed by atoms with E-state index < -0.39 is 16.8 Å². The van der Waals surface area contributed by atoms with Gasteiger partial charge in [-0.2, -0.15) is 0 Å². The molecule has 2 aliphatic heterocycles. The lowest BCUT2D eigenvalue weighted by atomic mass is 9.74. The second-order valence-corrected chi connectivity index (χ2v) is 11.6. The third kappa shape index (κ3) is 5.75. The van der Waals surface area contributed by atoms with Gasteiger partial charge in [0.15, 0.2) is 0 Å². The molecule has 7 heteroatoms. The van der Waals surface area contributed by atoms with Crippen LogP contribution in [0.1, 0.15) is 91.0 Å². The Hall–Kier alpha value is -1.57. The van der Waals surface area contributed by atoms with Crippen molar-refractivity contribution in [1.82, 2.24) is 4.90 Å². The highest BCUT2D eigenvalue weighted by Gasteiger charge is 2.43. The van der Waals surface area contributed by atoms with Crippen LogP contribution in [0.5, 0.6) is 0 Å². The van der Waals surface area contributed by atoms with Crippen molar-refractivity contribution in [3.05, 3.63) is 28.8 Å². The monoisotopic (exact) mass is 459 g/mol. The first-order valence-electron chi connectivity index (χ1n) is 12.3. The Kier molecular flexibility index (Phi) is 7.57. The second-order valence-electron chi connectivity index (χ2n) is 11.6. The Bertz CT molecular complexity index is 857. The molecule has 0 aromatic heterocycles. The molecule has 1 N–H and O–H groups in total. The third-order valence-corrected chi connectivity index (χ3v) is 7.29. The van der Waals surface area contributed by atoms with Gasteiger partial charge in [-0.05, 0) is 83.4 Å². The first-order valence-corrected chi connectivity index (χ1v) is 12.3. The first-order chi connectivity index (χ1) is 15.2. The predicted octanol–water partition coefficient (Wildman–Crippen LogP) is 4.01. The van der Waals surface area contributed by atoms with E-state index in [9.17, 15) is 9.90 Å². The minimum atomic E-state index is -0.981. The zero-order chi connectivity index (χ0) is 24.6. The quantitative estimate of drug-likeness (QED) is 0.652. The lowest BCUT2D eigenvalue weighted by Gasteiger charge is -2.44. The van der Waals surface area contributed by atoms with Gasteiger partial charge in [0, 0.05) is 6.54 Å². The average Bonchev–Trinajstić information content (AvgIpc) is 3.19. The molecule has 2 atom stereocenters. The summed E-state index contributed by atoms with van der Waals surface area (Å²) in [6.07, 6.45) is 2.45. The van der Waals surface area contributed by atoms with Crippen molar-refractivity contribution in [1.29, 1.82) is 0 Å².